The summed E-state index contributed by atoms with van der Waals surface area (Å²) in [6.07, 6.45) is 0.725. The van der Waals surface area contributed by atoms with Gasteiger partial charge in [-0.15, -0.1) is 0 Å². The number of amides is 1. The number of nitrogens with zero attached hydrogens (tertiary/aromatic N) is 4. The largest absolute Gasteiger partial charge is 0.322 e. The normalized spacial score (nSPS) is 13.0. The number of imidazole rings is 1. The molecule has 25 heavy (non-hydrogen) atoms. The molecule has 1 amide bonds. The van der Waals surface area contributed by atoms with Crippen LogP contribution in [0, 0.1) is 11.3 Å². The fraction of sp³-hybridized carbons (Fsp3) is 0.211. The van der Waals surface area contributed by atoms with Gasteiger partial charge in [0.05, 0.1) is 23.0 Å². The van der Waals surface area contributed by atoms with E-state index in [2.05, 4.69) is 15.5 Å². The number of carbonyl (C=O) groups excluding carboxylic acids is 1. The molecular weight excluding hydrogens is 331 g/mol. The highest BCUT2D eigenvalue weighted by Crippen LogP contribution is 2.29. The van der Waals surface area contributed by atoms with Crippen molar-refractivity contribution in [3.05, 3.63) is 59.4 Å². The summed E-state index contributed by atoms with van der Waals surface area (Å²) in [6.45, 7) is 4.62. The summed E-state index contributed by atoms with van der Waals surface area (Å²) in [4.78, 5) is 17.2. The number of aromatic nitrogens is 2. The van der Waals surface area contributed by atoms with E-state index in [-0.39, 0.29) is 5.91 Å². The van der Waals surface area contributed by atoms with Gasteiger partial charge in [0.25, 0.3) is 5.91 Å². The predicted molar refractivity (Wildman–Crippen MR) is 101 cm³/mol. The van der Waals surface area contributed by atoms with E-state index < -0.39 is 0 Å². The molecule has 3 heterocycles. The van der Waals surface area contributed by atoms with Crippen molar-refractivity contribution >= 4 is 20.9 Å². The third kappa shape index (κ3) is 2.90. The van der Waals surface area contributed by atoms with Crippen LogP contribution in [0.3, 0.4) is 0 Å². The van der Waals surface area contributed by atoms with Crippen molar-refractivity contribution in [1.29, 1.82) is 5.26 Å². The highest BCUT2D eigenvalue weighted by atomic mass is 31.0. The molecule has 1 aliphatic heterocycles. The first-order valence-corrected chi connectivity index (χ1v) is 8.78. The first kappa shape index (κ1) is 17.1. The lowest BCUT2D eigenvalue weighted by Gasteiger charge is -2.13. The average molecular weight is 350 g/mol. The Morgan fingerprint density at radius 3 is 2.56 bits per heavy atom. The van der Waals surface area contributed by atoms with Gasteiger partial charge in [-0.25, -0.2) is 4.98 Å². The van der Waals surface area contributed by atoms with E-state index in [4.69, 9.17) is 10.2 Å². The standard InChI is InChI=1S/C17H13N4OP.C2H6/c18-10-11-4-6-12(7-5-11)16-13-8-9-20(23)17(22)14-2-1-3-15(19-16)21(13)14;1-2/h1-7H,8-9,23H2;1-2H3. The quantitative estimate of drug-likeness (QED) is 0.629. The number of hydrogen-bond acceptors (Lipinski definition) is 3. The molecule has 0 saturated carbocycles. The van der Waals surface area contributed by atoms with Crippen LogP contribution in [0.15, 0.2) is 42.5 Å². The van der Waals surface area contributed by atoms with Crippen molar-refractivity contribution in [3.8, 4) is 17.3 Å². The minimum absolute atomic E-state index is 0.0249. The van der Waals surface area contributed by atoms with E-state index >= 15 is 0 Å². The van der Waals surface area contributed by atoms with Crippen molar-refractivity contribution in [3.63, 3.8) is 0 Å². The zero-order valence-electron chi connectivity index (χ0n) is 14.2. The Bertz CT molecular complexity index is 969. The molecule has 126 valence electrons. The van der Waals surface area contributed by atoms with Crippen LogP contribution in [0.1, 0.15) is 35.6 Å². The third-order valence-corrected chi connectivity index (χ3v) is 4.59. The molecule has 0 radical (unpaired) electrons. The summed E-state index contributed by atoms with van der Waals surface area (Å²) in [5, 5.41) is 8.94. The van der Waals surface area contributed by atoms with Crippen LogP contribution >= 0.6 is 9.39 Å². The number of hydrogen-bond donors (Lipinski definition) is 0. The minimum atomic E-state index is -0.0249. The number of pyridine rings is 1. The van der Waals surface area contributed by atoms with E-state index in [1.807, 2.05) is 48.6 Å². The van der Waals surface area contributed by atoms with E-state index in [9.17, 15) is 4.79 Å². The van der Waals surface area contributed by atoms with Gasteiger partial charge in [0.15, 0.2) is 0 Å². The first-order chi connectivity index (χ1) is 12.2. The summed E-state index contributed by atoms with van der Waals surface area (Å²) in [7, 11) is 2.49. The van der Waals surface area contributed by atoms with Crippen LogP contribution in [0.2, 0.25) is 0 Å². The fourth-order valence-corrected chi connectivity index (χ4v) is 3.22. The summed E-state index contributed by atoms with van der Waals surface area (Å²) in [6, 6.07) is 15.1. The smallest absolute Gasteiger partial charge is 0.273 e. The second-order valence-corrected chi connectivity index (χ2v) is 6.07. The first-order valence-electron chi connectivity index (χ1n) is 8.26. The average Bonchev–Trinajstić information content (AvgIpc) is 2.99. The molecule has 0 bridgehead atoms. The van der Waals surface area contributed by atoms with Gasteiger partial charge in [-0.2, -0.15) is 5.26 Å². The molecule has 1 unspecified atom stereocenters. The van der Waals surface area contributed by atoms with E-state index in [0.29, 0.717) is 17.8 Å². The van der Waals surface area contributed by atoms with Crippen molar-refractivity contribution < 1.29 is 4.79 Å². The summed E-state index contributed by atoms with van der Waals surface area (Å²) >= 11 is 0. The summed E-state index contributed by atoms with van der Waals surface area (Å²) in [5.41, 5.74) is 4.87. The lowest BCUT2D eigenvalue weighted by molar-refractivity contribution is 0.0870. The van der Waals surface area contributed by atoms with Crippen LogP contribution in [-0.2, 0) is 6.42 Å². The Labute approximate surface area is 149 Å². The molecule has 1 aromatic carbocycles. The zero-order chi connectivity index (χ0) is 18.0. The summed E-state index contributed by atoms with van der Waals surface area (Å²) in [5.74, 6) is -0.0249. The van der Waals surface area contributed by atoms with Crippen LogP contribution in [0.25, 0.3) is 16.9 Å². The van der Waals surface area contributed by atoms with Crippen molar-refractivity contribution in [2.45, 2.75) is 20.3 Å². The molecule has 0 N–H and O–H groups in total. The monoisotopic (exact) mass is 350 g/mol. The van der Waals surface area contributed by atoms with E-state index in [1.165, 1.54) is 0 Å². The minimum Gasteiger partial charge on any atom is -0.322 e. The highest BCUT2D eigenvalue weighted by molar-refractivity contribution is 7.14. The Morgan fingerprint density at radius 2 is 1.88 bits per heavy atom. The van der Waals surface area contributed by atoms with E-state index in [1.54, 1.807) is 16.8 Å². The summed E-state index contributed by atoms with van der Waals surface area (Å²) < 4.78 is 3.60. The molecule has 6 heteroatoms. The molecule has 2 aromatic heterocycles. The lowest BCUT2D eigenvalue weighted by atomic mass is 10.1. The van der Waals surface area contributed by atoms with Gasteiger partial charge >= 0.3 is 0 Å². The van der Waals surface area contributed by atoms with Crippen LogP contribution in [0.5, 0.6) is 0 Å². The third-order valence-electron chi connectivity index (χ3n) is 4.10. The molecule has 4 rings (SSSR count). The molecule has 0 fully saturated rings. The Balaban J connectivity index is 0.000000880. The number of nitriles is 1. The number of benzene rings is 1. The Kier molecular flexibility index (Phi) is 4.83. The second-order valence-electron chi connectivity index (χ2n) is 5.45. The highest BCUT2D eigenvalue weighted by Gasteiger charge is 2.24. The SMILES string of the molecule is CC.N#Cc1ccc(-c2nc3cccc4n3c2CCN(P)C4=O)cc1. The van der Waals surface area contributed by atoms with Crippen LogP contribution in [-0.4, -0.2) is 26.5 Å². The van der Waals surface area contributed by atoms with Gasteiger partial charge in [0.2, 0.25) is 0 Å². The number of rotatable bonds is 1. The maximum atomic E-state index is 12.5. The molecular formula is C19H19N4OP. The fourth-order valence-electron chi connectivity index (χ4n) is 2.96. The van der Waals surface area contributed by atoms with Crippen LogP contribution in [0.4, 0.5) is 0 Å². The van der Waals surface area contributed by atoms with Gasteiger partial charge < -0.3 is 4.67 Å². The van der Waals surface area contributed by atoms with Gasteiger partial charge in [0, 0.05) is 18.5 Å². The molecule has 0 aliphatic carbocycles. The van der Waals surface area contributed by atoms with Crippen LogP contribution < -0.4 is 0 Å². The molecule has 5 nitrogen and oxygen atoms in total. The molecule has 1 aliphatic rings. The Hall–Kier alpha value is -2.70. The maximum absolute atomic E-state index is 12.5. The molecule has 0 saturated heterocycles. The molecule has 0 spiro atoms. The zero-order valence-corrected chi connectivity index (χ0v) is 15.4. The molecule has 1 atom stereocenters. The van der Waals surface area contributed by atoms with Gasteiger partial charge in [-0.05, 0) is 33.7 Å². The van der Waals surface area contributed by atoms with Crippen molar-refractivity contribution in [2.75, 3.05) is 6.54 Å². The van der Waals surface area contributed by atoms with Gasteiger partial charge in [-0.3, -0.25) is 9.20 Å². The number of carbonyl (C=O) groups is 1. The van der Waals surface area contributed by atoms with Gasteiger partial charge in [0.1, 0.15) is 11.3 Å². The van der Waals surface area contributed by atoms with Gasteiger partial charge in [-0.1, -0.05) is 32.0 Å². The lowest BCUT2D eigenvalue weighted by Crippen LogP contribution is -2.21. The topological polar surface area (TPSA) is 61.4 Å². The molecule has 3 aromatic rings. The second kappa shape index (κ2) is 7.04. The predicted octanol–water partition coefficient (Wildman–Crippen LogP) is 3.69. The van der Waals surface area contributed by atoms with Crippen molar-refractivity contribution in [1.82, 2.24) is 14.1 Å². The van der Waals surface area contributed by atoms with Crippen molar-refractivity contribution in [2.24, 2.45) is 0 Å². The van der Waals surface area contributed by atoms with E-state index in [0.717, 1.165) is 29.0 Å². The Morgan fingerprint density at radius 1 is 1.16 bits per heavy atom. The maximum Gasteiger partial charge on any atom is 0.273 e.